The average Bonchev–Trinajstić information content (AvgIpc) is 3.33. The van der Waals surface area contributed by atoms with Gasteiger partial charge in [0.15, 0.2) is 17.1 Å². The second-order valence-corrected chi connectivity index (χ2v) is 16.0. The van der Waals surface area contributed by atoms with Gasteiger partial charge in [0.25, 0.3) is 11.5 Å². The van der Waals surface area contributed by atoms with Crippen molar-refractivity contribution >= 4 is 107 Å². The maximum Gasteiger partial charge on any atom is 0.327 e. The summed E-state index contributed by atoms with van der Waals surface area (Å²) in [5, 5.41) is 65.9. The fraction of sp³-hybridized carbons (Fsp3) is 0.415. The van der Waals surface area contributed by atoms with E-state index in [-0.39, 0.29) is 48.1 Å². The van der Waals surface area contributed by atoms with Crippen LogP contribution in [-0.4, -0.2) is 172 Å². The lowest BCUT2D eigenvalue weighted by molar-refractivity contribution is -0.144. The van der Waals surface area contributed by atoms with Gasteiger partial charge in [0.1, 0.15) is 36.3 Å². The molecule has 0 saturated heterocycles. The Bertz CT molecular complexity index is 2680. The molecule has 0 spiro atoms. The van der Waals surface area contributed by atoms with Crippen molar-refractivity contribution < 1.29 is 78.3 Å². The van der Waals surface area contributed by atoms with E-state index in [1.54, 1.807) is 7.05 Å². The molecule has 3 aromatic rings. The Morgan fingerprint density at radius 2 is 1.19 bits per heavy atom. The first-order valence-electron chi connectivity index (χ1n) is 21.8. The smallest absolute Gasteiger partial charge is 0.327 e. The molecule has 1 aromatic carbocycles. The minimum Gasteiger partial charge on any atom is -0.481 e. The van der Waals surface area contributed by atoms with Gasteiger partial charge in [0, 0.05) is 37.0 Å². The summed E-state index contributed by atoms with van der Waals surface area (Å²) in [5.74, 6) is -16.1. The minimum absolute atomic E-state index is 0.00468. The number of hydrogen-bond donors (Lipinski definition) is 17. The second-order valence-electron chi connectivity index (χ2n) is 15.7. The summed E-state index contributed by atoms with van der Waals surface area (Å²) in [6.07, 6.45) is -3.83. The number of thiol groups is 1. The van der Waals surface area contributed by atoms with E-state index in [1.807, 2.05) is 10.6 Å². The summed E-state index contributed by atoms with van der Waals surface area (Å²) in [6, 6.07) is -5.47. The van der Waals surface area contributed by atoms with Crippen LogP contribution in [0.25, 0.3) is 11.2 Å². The molecule has 6 unspecified atom stereocenters. The molecule has 3 rings (SSSR count). The number of nitrogens with zero attached hydrogens (tertiary/aromatic N) is 4. The molecule has 0 fully saturated rings. The van der Waals surface area contributed by atoms with E-state index >= 15 is 0 Å². The van der Waals surface area contributed by atoms with E-state index < -0.39 is 151 Å². The van der Waals surface area contributed by atoms with E-state index in [0.717, 1.165) is 0 Å². The molecule has 0 aliphatic rings. The van der Waals surface area contributed by atoms with Crippen LogP contribution in [0.15, 0.2) is 40.2 Å². The first-order valence-corrected chi connectivity index (χ1v) is 22.4. The number of H-pyrrole nitrogens is 1. The Morgan fingerprint density at radius 3 is 1.69 bits per heavy atom. The SMILES string of the molecule is CNc1nc2ncc(CNc3ccc(C(=O)NC(CCC(=O)NC(CC(=O)O)C(=O)NC(CCCN=C(N)N)C(=O)NC(CC(=O)O)C(=O)NC(CC(=O)O)C(=O)NC(CS)C(=O)O)C(=O)O)cc3)nc2c(=O)[nH]1. The van der Waals surface area contributed by atoms with Crippen LogP contribution in [0.2, 0.25) is 0 Å². The number of anilines is 2. The van der Waals surface area contributed by atoms with Gasteiger partial charge in [-0.15, -0.1) is 0 Å². The topological polar surface area (TPSA) is 521 Å². The van der Waals surface area contributed by atoms with Crippen LogP contribution < -0.4 is 59.6 Å². The number of guanidine groups is 1. The number of aliphatic imine (C=N–C) groups is 1. The molecule has 0 bridgehead atoms. The Kier molecular flexibility index (Phi) is 22.9. The van der Waals surface area contributed by atoms with Crippen LogP contribution in [0.3, 0.4) is 0 Å². The minimum atomic E-state index is -2.10. The summed E-state index contributed by atoms with van der Waals surface area (Å²) in [7, 11) is 1.57. The predicted octanol–water partition coefficient (Wildman–Crippen LogP) is -4.75. The Labute approximate surface area is 422 Å². The maximum absolute atomic E-state index is 13.7. The number of hydrogen-bond acceptors (Lipinski definition) is 19. The zero-order valence-electron chi connectivity index (χ0n) is 38.9. The summed E-state index contributed by atoms with van der Waals surface area (Å²) in [5.41, 5.74) is 11.2. The third kappa shape index (κ3) is 19.6. The molecule has 2 heterocycles. The maximum atomic E-state index is 13.7. The highest BCUT2D eigenvalue weighted by atomic mass is 32.1. The van der Waals surface area contributed by atoms with Crippen LogP contribution in [0.1, 0.15) is 61.0 Å². The molecule has 33 heteroatoms. The summed E-state index contributed by atoms with van der Waals surface area (Å²) >= 11 is 3.79. The van der Waals surface area contributed by atoms with Crippen molar-refractivity contribution in [2.45, 2.75) is 87.7 Å². The number of aromatic nitrogens is 4. The Hall–Kier alpha value is -9.17. The number of rotatable bonds is 31. The number of carbonyl (C=O) groups excluding carboxylic acids is 6. The van der Waals surface area contributed by atoms with E-state index in [9.17, 15) is 83.1 Å². The number of aromatic amines is 1. The quantitative estimate of drug-likeness (QED) is 0.0124. The second kappa shape index (κ2) is 28.6. The Balaban J connectivity index is 1.71. The molecule has 6 amide bonds. The van der Waals surface area contributed by atoms with Gasteiger partial charge in [-0.2, -0.15) is 17.6 Å². The molecule has 6 atom stereocenters. The summed E-state index contributed by atoms with van der Waals surface area (Å²) < 4.78 is 0. The van der Waals surface area contributed by atoms with Crippen molar-refractivity contribution in [3.63, 3.8) is 0 Å². The van der Waals surface area contributed by atoms with Gasteiger partial charge in [-0.25, -0.2) is 19.6 Å². The van der Waals surface area contributed by atoms with E-state index in [2.05, 4.69) is 69.5 Å². The zero-order valence-corrected chi connectivity index (χ0v) is 39.8. The van der Waals surface area contributed by atoms with Gasteiger partial charge < -0.3 is 79.5 Å². The molecule has 2 aromatic heterocycles. The number of amides is 6. The van der Waals surface area contributed by atoms with Crippen molar-refractivity contribution in [3.8, 4) is 0 Å². The third-order valence-electron chi connectivity index (χ3n) is 10.0. The fourth-order valence-corrected chi connectivity index (χ4v) is 6.58. The first-order chi connectivity index (χ1) is 34.9. The van der Waals surface area contributed by atoms with Gasteiger partial charge in [0.05, 0.1) is 37.7 Å². The van der Waals surface area contributed by atoms with E-state index in [1.165, 1.54) is 30.5 Å². The normalized spacial score (nSPS) is 13.2. The zero-order chi connectivity index (χ0) is 55.2. The number of aliphatic carboxylic acids is 5. The summed E-state index contributed by atoms with van der Waals surface area (Å²) in [4.78, 5) is 169. The molecule has 32 nitrogen and oxygen atoms in total. The number of nitrogens with two attached hydrogens (primary N) is 2. The molecule has 74 heavy (non-hydrogen) atoms. The van der Waals surface area contributed by atoms with Crippen LogP contribution in [0.5, 0.6) is 0 Å². The van der Waals surface area contributed by atoms with E-state index in [0.29, 0.717) is 11.4 Å². The lowest BCUT2D eigenvalue weighted by Gasteiger charge is -2.26. The predicted molar refractivity (Wildman–Crippen MR) is 257 cm³/mol. The molecule has 18 N–H and O–H groups in total. The highest BCUT2D eigenvalue weighted by Crippen LogP contribution is 2.13. The number of benzene rings is 1. The van der Waals surface area contributed by atoms with Crippen LogP contribution in [0.4, 0.5) is 11.6 Å². The van der Waals surface area contributed by atoms with Gasteiger partial charge >= 0.3 is 29.8 Å². The number of carbonyl (C=O) groups is 11. The lowest BCUT2D eigenvalue weighted by Crippen LogP contribution is -2.59. The Morgan fingerprint density at radius 1 is 0.676 bits per heavy atom. The lowest BCUT2D eigenvalue weighted by atomic mass is 10.1. The van der Waals surface area contributed by atoms with Gasteiger partial charge in [0.2, 0.25) is 35.5 Å². The standard InChI is InChI=1S/C41H53N15O17S/c1-44-41-55-31-30(37(69)56-41)48-19(15-47-31)14-46-18-6-4-17(5-7-18)32(64)51-21(38(70)71)8-9-26(57)49-22(11-27(58)59)34(66)50-20(3-2-10-45-40(42)43)33(65)52-23(12-28(60)61)35(67)53-24(13-29(62)63)36(68)54-25(16-74)39(72)73/h4-7,15,20-25,46,74H,2-3,8-14,16H2,1H3,(H,49,57)(H,50,66)(H,51,64)(H,52,65)(H,53,67)(H,54,68)(H,58,59)(H,60,61)(H,62,63)(H,70,71)(H,72,73)(H4,42,43,45)(H2,44,47,55,56,69). The van der Waals surface area contributed by atoms with Gasteiger partial charge in [-0.3, -0.25) is 57.9 Å². The van der Waals surface area contributed by atoms with Crippen molar-refractivity contribution in [1.29, 1.82) is 0 Å². The highest BCUT2D eigenvalue weighted by Gasteiger charge is 2.35. The molecular formula is C41H53N15O17S. The van der Waals surface area contributed by atoms with Crippen molar-refractivity contribution in [2.75, 3.05) is 30.0 Å². The van der Waals surface area contributed by atoms with Crippen LogP contribution >= 0.6 is 12.6 Å². The number of carboxylic acids is 5. The van der Waals surface area contributed by atoms with Gasteiger partial charge in [-0.1, -0.05) is 0 Å². The van der Waals surface area contributed by atoms with Crippen molar-refractivity contribution in [1.82, 2.24) is 51.8 Å². The van der Waals surface area contributed by atoms with E-state index in [4.69, 9.17) is 11.5 Å². The molecule has 0 saturated carbocycles. The molecule has 0 aliphatic heterocycles. The third-order valence-corrected chi connectivity index (χ3v) is 10.4. The van der Waals surface area contributed by atoms with Crippen LogP contribution in [-0.2, 0) is 54.5 Å². The largest absolute Gasteiger partial charge is 0.481 e. The van der Waals surface area contributed by atoms with Gasteiger partial charge in [-0.05, 0) is 43.5 Å². The molecule has 400 valence electrons. The average molecular weight is 1060 g/mol. The summed E-state index contributed by atoms with van der Waals surface area (Å²) in [6.45, 7) is -0.0624. The first kappa shape index (κ1) is 59.1. The molecule has 0 aliphatic carbocycles. The number of fused-ring (bicyclic) bond motifs is 1. The van der Waals surface area contributed by atoms with Crippen LogP contribution in [0, 0.1) is 0 Å². The highest BCUT2D eigenvalue weighted by molar-refractivity contribution is 7.80. The number of carboxylic acid groups (broad SMARTS) is 5. The monoisotopic (exact) mass is 1060 g/mol. The van der Waals surface area contributed by atoms with Crippen molar-refractivity contribution in [3.05, 3.63) is 52.1 Å². The fourth-order valence-electron chi connectivity index (χ4n) is 6.33. The molecular weight excluding hydrogens is 1010 g/mol. The molecule has 0 radical (unpaired) electrons. The number of nitrogens with one attached hydrogen (secondary N) is 9. The van der Waals surface area contributed by atoms with Crippen molar-refractivity contribution in [2.24, 2.45) is 16.5 Å².